The van der Waals surface area contributed by atoms with Gasteiger partial charge in [0.1, 0.15) is 11.3 Å². The van der Waals surface area contributed by atoms with E-state index in [9.17, 15) is 10.1 Å². The number of thiazole rings is 1. The number of nitrogens with zero attached hydrogens (tertiary/aromatic N) is 4. The van der Waals surface area contributed by atoms with Gasteiger partial charge in [-0.25, -0.2) is 4.68 Å². The van der Waals surface area contributed by atoms with E-state index in [-0.39, 0.29) is 11.7 Å². The molecule has 4 rings (SSSR count). The third-order valence-electron chi connectivity index (χ3n) is 4.16. The molecule has 7 nitrogen and oxygen atoms in total. The van der Waals surface area contributed by atoms with Crippen LogP contribution in [0.1, 0.15) is 19.4 Å². The summed E-state index contributed by atoms with van der Waals surface area (Å²) >= 11 is 1.48. The van der Waals surface area contributed by atoms with Crippen molar-refractivity contribution in [3.8, 4) is 11.5 Å². The first-order valence-corrected chi connectivity index (χ1v) is 9.91. The predicted molar refractivity (Wildman–Crippen MR) is 114 cm³/mol. The van der Waals surface area contributed by atoms with Crippen LogP contribution in [-0.2, 0) is 0 Å². The molecule has 0 spiro atoms. The Morgan fingerprint density at radius 1 is 1.17 bits per heavy atom. The second-order valence-corrected chi connectivity index (χ2v) is 7.52. The van der Waals surface area contributed by atoms with Crippen molar-refractivity contribution < 1.29 is 9.34 Å². The smallest absolute Gasteiger partial charge is 0.269 e. The summed E-state index contributed by atoms with van der Waals surface area (Å²) in [6, 6.07) is 16.2. The largest absolute Gasteiger partial charge is 0.454 e. The summed E-state index contributed by atoms with van der Waals surface area (Å²) in [5.41, 5.74) is 2.40. The van der Waals surface area contributed by atoms with Crippen molar-refractivity contribution in [2.45, 2.75) is 19.9 Å². The van der Waals surface area contributed by atoms with Crippen LogP contribution in [0.3, 0.4) is 0 Å². The molecule has 0 N–H and O–H groups in total. The maximum absolute atomic E-state index is 10.8. The highest BCUT2D eigenvalue weighted by Crippen LogP contribution is 2.28. The van der Waals surface area contributed by atoms with Crippen LogP contribution in [0.4, 0.5) is 5.69 Å². The lowest BCUT2D eigenvalue weighted by Gasteiger charge is -2.01. The SMILES string of the molecule is CC(C)N=c1scc(-c2cc3ccccc3o2)n1N=Cc1ccc([N+](=O)[O-])cc1. The molecule has 0 aliphatic carbocycles. The van der Waals surface area contributed by atoms with Gasteiger partial charge in [-0.3, -0.25) is 15.1 Å². The number of non-ortho nitro benzene ring substituents is 1. The Morgan fingerprint density at radius 3 is 2.62 bits per heavy atom. The molecule has 4 aromatic rings. The Morgan fingerprint density at radius 2 is 1.93 bits per heavy atom. The monoisotopic (exact) mass is 406 g/mol. The number of rotatable bonds is 5. The fraction of sp³-hybridized carbons (Fsp3) is 0.143. The number of para-hydroxylation sites is 1. The molecule has 0 saturated carbocycles. The molecule has 0 bridgehead atoms. The lowest BCUT2D eigenvalue weighted by atomic mass is 10.2. The van der Waals surface area contributed by atoms with Gasteiger partial charge in [-0.1, -0.05) is 18.2 Å². The highest BCUT2D eigenvalue weighted by Gasteiger charge is 2.13. The molecule has 0 unspecified atom stereocenters. The molecule has 0 aliphatic rings. The Kier molecular flexibility index (Phi) is 5.09. The molecule has 8 heteroatoms. The van der Waals surface area contributed by atoms with Crippen LogP contribution in [0.5, 0.6) is 0 Å². The third-order valence-corrected chi connectivity index (χ3v) is 4.99. The van der Waals surface area contributed by atoms with Crippen LogP contribution in [0.25, 0.3) is 22.4 Å². The molecule has 0 saturated heterocycles. The summed E-state index contributed by atoms with van der Waals surface area (Å²) in [5.74, 6) is 0.702. The number of nitro groups is 1. The van der Waals surface area contributed by atoms with Crippen molar-refractivity contribution in [2.24, 2.45) is 10.1 Å². The molecule has 146 valence electrons. The third kappa shape index (κ3) is 4.02. The average molecular weight is 406 g/mol. The van der Waals surface area contributed by atoms with Crippen molar-refractivity contribution >= 4 is 34.2 Å². The number of furan rings is 1. The average Bonchev–Trinajstić information content (AvgIpc) is 3.29. The quantitative estimate of drug-likeness (QED) is 0.264. The summed E-state index contributed by atoms with van der Waals surface area (Å²) < 4.78 is 7.74. The zero-order chi connectivity index (χ0) is 20.4. The molecule has 0 fully saturated rings. The second kappa shape index (κ2) is 7.84. The minimum atomic E-state index is -0.423. The molecule has 2 aromatic heterocycles. The summed E-state index contributed by atoms with van der Waals surface area (Å²) in [7, 11) is 0. The Hall–Kier alpha value is -3.52. The van der Waals surface area contributed by atoms with Gasteiger partial charge in [0.2, 0.25) is 4.80 Å². The lowest BCUT2D eigenvalue weighted by molar-refractivity contribution is -0.384. The summed E-state index contributed by atoms with van der Waals surface area (Å²) in [6.07, 6.45) is 1.65. The van der Waals surface area contributed by atoms with Gasteiger partial charge in [0.25, 0.3) is 5.69 Å². The van der Waals surface area contributed by atoms with E-state index in [4.69, 9.17) is 4.42 Å². The molecule has 0 aliphatic heterocycles. The van der Waals surface area contributed by atoms with Gasteiger partial charge >= 0.3 is 0 Å². The summed E-state index contributed by atoms with van der Waals surface area (Å²) in [4.78, 5) is 15.8. The van der Waals surface area contributed by atoms with Crippen LogP contribution in [0.15, 0.2) is 74.5 Å². The van der Waals surface area contributed by atoms with Crippen LogP contribution >= 0.6 is 11.3 Å². The Balaban J connectivity index is 1.78. The van der Waals surface area contributed by atoms with E-state index in [1.54, 1.807) is 23.0 Å². The predicted octanol–water partition coefficient (Wildman–Crippen LogP) is 5.06. The summed E-state index contributed by atoms with van der Waals surface area (Å²) in [6.45, 7) is 4.01. The topological polar surface area (TPSA) is 85.9 Å². The van der Waals surface area contributed by atoms with Crippen LogP contribution in [0.2, 0.25) is 0 Å². The van der Waals surface area contributed by atoms with Crippen molar-refractivity contribution in [3.05, 3.63) is 80.5 Å². The first kappa shape index (κ1) is 18.8. The molecule has 2 aromatic carbocycles. The van der Waals surface area contributed by atoms with E-state index in [2.05, 4.69) is 10.1 Å². The molecular weight excluding hydrogens is 388 g/mol. The number of aromatic nitrogens is 1. The minimum Gasteiger partial charge on any atom is -0.454 e. The Labute approximate surface area is 170 Å². The van der Waals surface area contributed by atoms with Crippen LogP contribution in [-0.4, -0.2) is 21.9 Å². The second-order valence-electron chi connectivity index (χ2n) is 6.68. The standard InChI is InChI=1S/C21H18N4O3S/c1-14(2)23-21-24(22-12-15-7-9-17(10-8-15)25(26)27)18(13-29-21)20-11-16-5-3-4-6-19(16)28-20/h3-14H,1-2H3. The summed E-state index contributed by atoms with van der Waals surface area (Å²) in [5, 5.41) is 18.4. The maximum atomic E-state index is 10.8. The van der Waals surface area contributed by atoms with Gasteiger partial charge in [0.05, 0.1) is 11.1 Å². The number of fused-ring (bicyclic) bond motifs is 1. The lowest BCUT2D eigenvalue weighted by Crippen LogP contribution is -2.14. The Bertz CT molecular complexity index is 1230. The molecule has 0 atom stereocenters. The van der Waals surface area contributed by atoms with Crippen LogP contribution in [0, 0.1) is 10.1 Å². The van der Waals surface area contributed by atoms with Gasteiger partial charge in [0, 0.05) is 28.9 Å². The van der Waals surface area contributed by atoms with E-state index in [1.165, 1.54) is 23.5 Å². The van der Waals surface area contributed by atoms with Crippen molar-refractivity contribution in [2.75, 3.05) is 0 Å². The first-order chi connectivity index (χ1) is 14.0. The molecular formula is C21H18N4O3S. The fourth-order valence-corrected chi connectivity index (χ4v) is 3.76. The van der Waals surface area contributed by atoms with Gasteiger partial charge in [-0.2, -0.15) is 5.10 Å². The minimum absolute atomic E-state index is 0.0452. The van der Waals surface area contributed by atoms with Gasteiger partial charge in [-0.15, -0.1) is 11.3 Å². The van der Waals surface area contributed by atoms with E-state index >= 15 is 0 Å². The van der Waals surface area contributed by atoms with Crippen molar-refractivity contribution in [1.82, 2.24) is 4.68 Å². The zero-order valence-electron chi connectivity index (χ0n) is 15.9. The normalized spacial score (nSPS) is 12.4. The van der Waals surface area contributed by atoms with Gasteiger partial charge in [0.15, 0.2) is 5.76 Å². The fourth-order valence-electron chi connectivity index (χ4n) is 2.81. The number of nitro benzene ring substituents is 1. The molecule has 0 amide bonds. The highest BCUT2D eigenvalue weighted by molar-refractivity contribution is 7.07. The number of benzene rings is 2. The van der Waals surface area contributed by atoms with E-state index in [0.29, 0.717) is 5.76 Å². The van der Waals surface area contributed by atoms with Gasteiger partial charge in [-0.05, 0) is 43.7 Å². The molecule has 2 heterocycles. The number of hydrogen-bond donors (Lipinski definition) is 0. The highest BCUT2D eigenvalue weighted by atomic mass is 32.1. The van der Waals surface area contributed by atoms with Gasteiger partial charge < -0.3 is 4.42 Å². The van der Waals surface area contributed by atoms with Crippen molar-refractivity contribution in [1.29, 1.82) is 0 Å². The van der Waals surface area contributed by atoms with Crippen molar-refractivity contribution in [3.63, 3.8) is 0 Å². The van der Waals surface area contributed by atoms with E-state index in [0.717, 1.165) is 27.0 Å². The number of hydrogen-bond acceptors (Lipinski definition) is 6. The maximum Gasteiger partial charge on any atom is 0.269 e. The van der Waals surface area contributed by atoms with Crippen LogP contribution < -0.4 is 4.80 Å². The van der Waals surface area contributed by atoms with E-state index in [1.807, 2.05) is 49.6 Å². The van der Waals surface area contributed by atoms with E-state index < -0.39 is 4.92 Å². The molecule has 0 radical (unpaired) electrons. The first-order valence-electron chi connectivity index (χ1n) is 9.03. The zero-order valence-corrected chi connectivity index (χ0v) is 16.7. The molecule has 29 heavy (non-hydrogen) atoms.